The quantitative estimate of drug-likeness (QED) is 0.788. The zero-order valence-electron chi connectivity index (χ0n) is 12.5. The lowest BCUT2D eigenvalue weighted by Crippen LogP contribution is -2.41. The van der Waals surface area contributed by atoms with Gasteiger partial charge in [-0.05, 0) is 45.4 Å². The molecule has 1 aromatic carbocycles. The SMILES string of the molecule is CC(C)CC(C)N(C)C(C)CNc1ccccc1. The summed E-state index contributed by atoms with van der Waals surface area (Å²) in [5.41, 5.74) is 1.20. The smallest absolute Gasteiger partial charge is 0.0340 e. The highest BCUT2D eigenvalue weighted by Gasteiger charge is 2.16. The molecule has 2 heteroatoms. The van der Waals surface area contributed by atoms with Gasteiger partial charge in [-0.1, -0.05) is 32.0 Å². The van der Waals surface area contributed by atoms with Crippen LogP contribution in [0.25, 0.3) is 0 Å². The van der Waals surface area contributed by atoms with E-state index in [2.05, 4.69) is 69.2 Å². The third-order valence-corrected chi connectivity index (χ3v) is 3.58. The first-order valence-electron chi connectivity index (χ1n) is 7.01. The molecule has 0 fully saturated rings. The van der Waals surface area contributed by atoms with Crippen LogP contribution < -0.4 is 5.32 Å². The highest BCUT2D eigenvalue weighted by atomic mass is 15.2. The molecule has 1 rings (SSSR count). The molecule has 0 radical (unpaired) electrons. The molecular weight excluding hydrogens is 220 g/mol. The van der Waals surface area contributed by atoms with E-state index in [4.69, 9.17) is 0 Å². The monoisotopic (exact) mass is 248 g/mol. The minimum atomic E-state index is 0.541. The van der Waals surface area contributed by atoms with Crippen LogP contribution in [0, 0.1) is 5.92 Å². The van der Waals surface area contributed by atoms with Gasteiger partial charge in [0.1, 0.15) is 0 Å². The van der Waals surface area contributed by atoms with Crippen LogP contribution in [0.5, 0.6) is 0 Å². The number of anilines is 1. The number of hydrogen-bond acceptors (Lipinski definition) is 2. The average Bonchev–Trinajstić information content (AvgIpc) is 2.35. The van der Waals surface area contributed by atoms with E-state index in [1.54, 1.807) is 0 Å². The topological polar surface area (TPSA) is 15.3 Å². The molecule has 0 saturated carbocycles. The van der Waals surface area contributed by atoms with Crippen molar-refractivity contribution in [2.75, 3.05) is 18.9 Å². The van der Waals surface area contributed by atoms with E-state index in [1.165, 1.54) is 12.1 Å². The maximum atomic E-state index is 3.49. The number of nitrogens with zero attached hydrogens (tertiary/aromatic N) is 1. The molecule has 0 bridgehead atoms. The minimum absolute atomic E-state index is 0.541. The zero-order valence-corrected chi connectivity index (χ0v) is 12.5. The van der Waals surface area contributed by atoms with Crippen molar-refractivity contribution < 1.29 is 0 Å². The molecule has 0 aliphatic rings. The summed E-state index contributed by atoms with van der Waals surface area (Å²) in [4.78, 5) is 2.47. The Hall–Kier alpha value is -1.02. The maximum Gasteiger partial charge on any atom is 0.0340 e. The number of benzene rings is 1. The number of nitrogens with one attached hydrogen (secondary N) is 1. The highest BCUT2D eigenvalue weighted by Crippen LogP contribution is 2.13. The van der Waals surface area contributed by atoms with Crippen molar-refractivity contribution in [3.63, 3.8) is 0 Å². The lowest BCUT2D eigenvalue weighted by Gasteiger charge is -2.32. The first-order valence-corrected chi connectivity index (χ1v) is 7.01. The van der Waals surface area contributed by atoms with Gasteiger partial charge in [0.25, 0.3) is 0 Å². The molecule has 0 amide bonds. The molecule has 0 heterocycles. The van der Waals surface area contributed by atoms with Gasteiger partial charge in [-0.25, -0.2) is 0 Å². The Labute approximate surface area is 112 Å². The second kappa shape index (κ2) is 7.42. The van der Waals surface area contributed by atoms with Gasteiger partial charge in [0.15, 0.2) is 0 Å². The van der Waals surface area contributed by atoms with Gasteiger partial charge >= 0.3 is 0 Å². The predicted molar refractivity (Wildman–Crippen MR) is 81.1 cm³/mol. The standard InChI is InChI=1S/C16H28N2/c1-13(2)11-14(3)18(5)15(4)12-17-16-9-7-6-8-10-16/h6-10,13-15,17H,11-12H2,1-5H3. The lowest BCUT2D eigenvalue weighted by molar-refractivity contribution is 0.181. The molecule has 0 aromatic heterocycles. The summed E-state index contributed by atoms with van der Waals surface area (Å²) < 4.78 is 0. The fraction of sp³-hybridized carbons (Fsp3) is 0.625. The predicted octanol–water partition coefficient (Wildman–Crippen LogP) is 3.85. The summed E-state index contributed by atoms with van der Waals surface area (Å²) in [5.74, 6) is 0.761. The fourth-order valence-electron chi connectivity index (χ4n) is 2.25. The number of hydrogen-bond donors (Lipinski definition) is 1. The summed E-state index contributed by atoms with van der Waals surface area (Å²) in [6, 6.07) is 11.6. The van der Waals surface area contributed by atoms with Gasteiger partial charge < -0.3 is 5.32 Å². The Morgan fingerprint density at radius 2 is 1.61 bits per heavy atom. The van der Waals surface area contributed by atoms with Crippen molar-refractivity contribution >= 4 is 5.69 Å². The van der Waals surface area contributed by atoms with Crippen LogP contribution in [0.1, 0.15) is 34.1 Å². The average molecular weight is 248 g/mol. The zero-order chi connectivity index (χ0) is 13.5. The molecule has 102 valence electrons. The highest BCUT2D eigenvalue weighted by molar-refractivity contribution is 5.42. The molecule has 2 atom stereocenters. The molecule has 0 spiro atoms. The van der Waals surface area contributed by atoms with E-state index in [0.717, 1.165) is 12.5 Å². The third kappa shape index (κ3) is 5.09. The lowest BCUT2D eigenvalue weighted by atomic mass is 10.0. The van der Waals surface area contributed by atoms with Crippen molar-refractivity contribution in [3.05, 3.63) is 30.3 Å². The van der Waals surface area contributed by atoms with Crippen molar-refractivity contribution in [1.82, 2.24) is 4.90 Å². The molecule has 0 aliphatic carbocycles. The van der Waals surface area contributed by atoms with Crippen molar-refractivity contribution in [2.24, 2.45) is 5.92 Å². The molecule has 0 saturated heterocycles. The molecule has 0 aliphatic heterocycles. The number of likely N-dealkylation sites (N-methyl/N-ethyl adjacent to an activating group) is 1. The van der Waals surface area contributed by atoms with Crippen molar-refractivity contribution in [3.8, 4) is 0 Å². The maximum absolute atomic E-state index is 3.49. The summed E-state index contributed by atoms with van der Waals surface area (Å²) in [6.07, 6.45) is 1.26. The van der Waals surface area contributed by atoms with Gasteiger partial charge in [0.2, 0.25) is 0 Å². The van der Waals surface area contributed by atoms with E-state index in [0.29, 0.717) is 12.1 Å². The molecular formula is C16H28N2. The molecule has 18 heavy (non-hydrogen) atoms. The Kier molecular flexibility index (Phi) is 6.20. The normalized spacial score (nSPS) is 14.8. The first kappa shape index (κ1) is 15.0. The van der Waals surface area contributed by atoms with Crippen LogP contribution in [-0.2, 0) is 0 Å². The van der Waals surface area contributed by atoms with E-state index in [-0.39, 0.29) is 0 Å². The largest absolute Gasteiger partial charge is 0.383 e. The van der Waals surface area contributed by atoms with Crippen LogP contribution >= 0.6 is 0 Å². The Morgan fingerprint density at radius 3 is 2.17 bits per heavy atom. The number of rotatable bonds is 7. The van der Waals surface area contributed by atoms with E-state index < -0.39 is 0 Å². The summed E-state index contributed by atoms with van der Waals surface area (Å²) in [6.45, 7) is 10.2. The fourth-order valence-corrected chi connectivity index (χ4v) is 2.25. The van der Waals surface area contributed by atoms with E-state index in [1.807, 2.05) is 6.07 Å². The van der Waals surface area contributed by atoms with E-state index >= 15 is 0 Å². The summed E-state index contributed by atoms with van der Waals surface area (Å²) in [7, 11) is 2.23. The van der Waals surface area contributed by atoms with Crippen molar-refractivity contribution in [1.29, 1.82) is 0 Å². The van der Waals surface area contributed by atoms with Crippen LogP contribution in [0.15, 0.2) is 30.3 Å². The van der Waals surface area contributed by atoms with Gasteiger partial charge in [-0.3, -0.25) is 4.90 Å². The van der Waals surface area contributed by atoms with Crippen LogP contribution in [0.3, 0.4) is 0 Å². The molecule has 1 N–H and O–H groups in total. The molecule has 1 aromatic rings. The van der Waals surface area contributed by atoms with Gasteiger partial charge in [0, 0.05) is 24.3 Å². The summed E-state index contributed by atoms with van der Waals surface area (Å²) >= 11 is 0. The minimum Gasteiger partial charge on any atom is -0.383 e. The Balaban J connectivity index is 2.38. The molecule has 2 unspecified atom stereocenters. The van der Waals surface area contributed by atoms with Gasteiger partial charge in [-0.15, -0.1) is 0 Å². The van der Waals surface area contributed by atoms with Crippen molar-refractivity contribution in [2.45, 2.75) is 46.2 Å². The second-order valence-corrected chi connectivity index (χ2v) is 5.74. The number of para-hydroxylation sites is 1. The Bertz CT molecular complexity index is 321. The van der Waals surface area contributed by atoms with Gasteiger partial charge in [0.05, 0.1) is 0 Å². The van der Waals surface area contributed by atoms with Crippen LogP contribution in [-0.4, -0.2) is 30.6 Å². The summed E-state index contributed by atoms with van der Waals surface area (Å²) in [5, 5.41) is 3.49. The van der Waals surface area contributed by atoms with Crippen LogP contribution in [0.2, 0.25) is 0 Å². The third-order valence-electron chi connectivity index (χ3n) is 3.58. The first-order chi connectivity index (χ1) is 8.50. The van der Waals surface area contributed by atoms with Crippen LogP contribution in [0.4, 0.5) is 5.69 Å². The second-order valence-electron chi connectivity index (χ2n) is 5.74. The molecule has 2 nitrogen and oxygen atoms in total. The van der Waals surface area contributed by atoms with E-state index in [9.17, 15) is 0 Å². The Morgan fingerprint density at radius 1 is 1.00 bits per heavy atom. The van der Waals surface area contributed by atoms with Gasteiger partial charge in [-0.2, -0.15) is 0 Å².